The van der Waals surface area contributed by atoms with Gasteiger partial charge in [-0.2, -0.15) is 4.31 Å². The van der Waals surface area contributed by atoms with Crippen LogP contribution in [0, 0.1) is 0 Å². The van der Waals surface area contributed by atoms with Gasteiger partial charge in [-0.15, -0.1) is 11.3 Å². The zero-order valence-corrected chi connectivity index (χ0v) is 22.2. The fourth-order valence-electron chi connectivity index (χ4n) is 6.25. The van der Waals surface area contributed by atoms with Crippen LogP contribution in [0.25, 0.3) is 6.08 Å². The van der Waals surface area contributed by atoms with Crippen LogP contribution in [0.2, 0.25) is 4.34 Å². The molecule has 6 rings (SSSR count). The Kier molecular flexibility index (Phi) is 5.56. The van der Waals surface area contributed by atoms with Gasteiger partial charge in [0.2, 0.25) is 15.9 Å². The van der Waals surface area contributed by atoms with E-state index in [2.05, 4.69) is 10.1 Å². The molecule has 0 aromatic carbocycles. The summed E-state index contributed by atoms with van der Waals surface area (Å²) in [5, 5.41) is 5.25. The lowest BCUT2D eigenvalue weighted by Gasteiger charge is -2.47. The van der Waals surface area contributed by atoms with Crippen molar-refractivity contribution in [2.45, 2.75) is 30.5 Å². The molecule has 1 unspecified atom stereocenters. The topological polar surface area (TPSA) is 106 Å². The highest BCUT2D eigenvalue weighted by molar-refractivity contribution is 7.92. The van der Waals surface area contributed by atoms with Gasteiger partial charge in [0.1, 0.15) is 12.4 Å². The number of amides is 3. The Morgan fingerprint density at radius 1 is 1.17 bits per heavy atom. The Hall–Kier alpha value is -2.35. The van der Waals surface area contributed by atoms with Gasteiger partial charge in [0.15, 0.2) is 5.66 Å². The third kappa shape index (κ3) is 3.62. The van der Waals surface area contributed by atoms with Crippen molar-refractivity contribution in [3.8, 4) is 0 Å². The van der Waals surface area contributed by atoms with Crippen molar-refractivity contribution in [2.75, 3.05) is 52.9 Å². The summed E-state index contributed by atoms with van der Waals surface area (Å²) in [6.07, 6.45) is 3.60. The molecule has 1 aromatic heterocycles. The van der Waals surface area contributed by atoms with Crippen molar-refractivity contribution < 1.29 is 22.8 Å². The summed E-state index contributed by atoms with van der Waals surface area (Å²) in [6.45, 7) is 2.44. The second kappa shape index (κ2) is 8.33. The van der Waals surface area contributed by atoms with Crippen LogP contribution in [0.1, 0.15) is 24.1 Å². The molecular formula is C22H27ClN6O5S2. The van der Waals surface area contributed by atoms with Gasteiger partial charge in [0, 0.05) is 43.4 Å². The Balaban J connectivity index is 1.29. The molecule has 4 fully saturated rings. The number of fused-ring (bicyclic) bond motifs is 1. The number of halogens is 1. The molecule has 0 saturated carbocycles. The van der Waals surface area contributed by atoms with E-state index in [-0.39, 0.29) is 31.6 Å². The van der Waals surface area contributed by atoms with Gasteiger partial charge < -0.3 is 19.5 Å². The minimum atomic E-state index is -3.91. The van der Waals surface area contributed by atoms with E-state index >= 15 is 0 Å². The molecule has 0 N–H and O–H groups in total. The van der Waals surface area contributed by atoms with Crippen molar-refractivity contribution >= 4 is 56.8 Å². The maximum absolute atomic E-state index is 13.5. The van der Waals surface area contributed by atoms with Crippen molar-refractivity contribution in [1.29, 1.82) is 0 Å². The largest absolute Gasteiger partial charge is 0.394 e. The van der Waals surface area contributed by atoms with E-state index in [9.17, 15) is 18.0 Å². The Morgan fingerprint density at radius 2 is 1.94 bits per heavy atom. The Labute approximate surface area is 218 Å². The summed E-state index contributed by atoms with van der Waals surface area (Å²) in [6, 6.07) is 3.28. The van der Waals surface area contributed by atoms with E-state index < -0.39 is 21.2 Å². The van der Waals surface area contributed by atoms with E-state index in [1.165, 1.54) is 21.7 Å². The van der Waals surface area contributed by atoms with E-state index in [1.807, 2.05) is 4.90 Å². The van der Waals surface area contributed by atoms with E-state index in [1.54, 1.807) is 29.0 Å². The molecule has 0 bridgehead atoms. The van der Waals surface area contributed by atoms with Crippen LogP contribution in [0.15, 0.2) is 22.7 Å². The summed E-state index contributed by atoms with van der Waals surface area (Å²) in [5.74, 6) is 0.644. The van der Waals surface area contributed by atoms with Gasteiger partial charge in [0.25, 0.3) is 0 Å². The van der Waals surface area contributed by atoms with Crippen molar-refractivity contribution in [3.05, 3.63) is 26.8 Å². The van der Waals surface area contributed by atoms with Crippen LogP contribution >= 0.6 is 22.9 Å². The highest BCUT2D eigenvalue weighted by atomic mass is 35.5. The minimum absolute atomic E-state index is 0.0404. The minimum Gasteiger partial charge on any atom is -0.394 e. The predicted molar refractivity (Wildman–Crippen MR) is 135 cm³/mol. The van der Waals surface area contributed by atoms with Gasteiger partial charge >= 0.3 is 6.03 Å². The number of piperazine rings is 1. The van der Waals surface area contributed by atoms with Gasteiger partial charge in [-0.3, -0.25) is 9.69 Å². The average molecular weight is 555 g/mol. The molecule has 4 saturated heterocycles. The standard InChI is InChI=1S/C22H27ClN6O5S2/c1-25-14-22-15-27(36(32,33)11-5-16-2-3-17(23)35-16)12-19(30)28(22)13-21(29(22)20(25)31)6-8-26(9-7-21)18-4-10-34-24-18/h2-3,5,11H,4,6-10,12-15H2,1H3. The van der Waals surface area contributed by atoms with E-state index in [4.69, 9.17) is 16.4 Å². The molecule has 0 aliphatic carbocycles. The zero-order valence-electron chi connectivity index (χ0n) is 19.8. The SMILES string of the molecule is CN1CC23CN(S(=O)(=O)C=Cc4ccc(Cl)s4)CC(=O)N2CC2(CCN(C4=NOCC4)CC2)N3C1=O. The number of rotatable bonds is 3. The molecule has 11 nitrogen and oxygen atoms in total. The third-order valence-electron chi connectivity index (χ3n) is 7.90. The second-order valence-corrected chi connectivity index (χ2v) is 13.6. The van der Waals surface area contributed by atoms with Crippen molar-refractivity contribution in [2.24, 2.45) is 5.16 Å². The first-order valence-electron chi connectivity index (χ1n) is 11.9. The summed E-state index contributed by atoms with van der Waals surface area (Å²) in [7, 11) is -2.20. The highest BCUT2D eigenvalue weighted by Gasteiger charge is 2.69. The molecule has 5 aliphatic rings. The van der Waals surface area contributed by atoms with Crippen LogP contribution in [-0.2, 0) is 19.7 Å². The highest BCUT2D eigenvalue weighted by Crippen LogP contribution is 2.49. The van der Waals surface area contributed by atoms with Crippen molar-refractivity contribution in [1.82, 2.24) is 23.9 Å². The van der Waals surface area contributed by atoms with Gasteiger partial charge in [-0.25, -0.2) is 13.2 Å². The molecule has 3 amide bonds. The molecular weight excluding hydrogens is 528 g/mol. The zero-order chi connectivity index (χ0) is 25.3. The summed E-state index contributed by atoms with van der Waals surface area (Å²) in [4.78, 5) is 40.2. The van der Waals surface area contributed by atoms with Gasteiger partial charge in [-0.1, -0.05) is 16.8 Å². The average Bonchev–Trinajstić information content (AvgIpc) is 3.60. The van der Waals surface area contributed by atoms with Crippen LogP contribution in [0.4, 0.5) is 4.79 Å². The van der Waals surface area contributed by atoms with Crippen molar-refractivity contribution in [3.63, 3.8) is 0 Å². The molecule has 1 atom stereocenters. The summed E-state index contributed by atoms with van der Waals surface area (Å²) < 4.78 is 28.4. The van der Waals surface area contributed by atoms with E-state index in [0.717, 1.165) is 17.7 Å². The number of hydrogen-bond donors (Lipinski definition) is 0. The number of likely N-dealkylation sites (tertiary alicyclic amines) is 1. The molecule has 6 heterocycles. The fourth-order valence-corrected chi connectivity index (χ4v) is 8.47. The lowest BCUT2D eigenvalue weighted by Crippen LogP contribution is -2.68. The number of piperidine rings is 1. The Bertz CT molecular complexity index is 1270. The Morgan fingerprint density at radius 3 is 2.61 bits per heavy atom. The maximum Gasteiger partial charge on any atom is 0.322 e. The van der Waals surface area contributed by atoms with Gasteiger partial charge in [0.05, 0.1) is 29.5 Å². The predicted octanol–water partition coefficient (Wildman–Crippen LogP) is 1.49. The number of carbonyl (C=O) groups excluding carboxylic acids is 2. The quantitative estimate of drug-likeness (QED) is 0.560. The number of urea groups is 1. The number of nitrogens with zero attached hydrogens (tertiary/aromatic N) is 6. The monoisotopic (exact) mass is 554 g/mol. The number of amidine groups is 1. The van der Waals surface area contributed by atoms with Crippen LogP contribution in [0.5, 0.6) is 0 Å². The number of likely N-dealkylation sites (N-methyl/N-ethyl adjacent to an activating group) is 1. The van der Waals surface area contributed by atoms with Gasteiger partial charge in [-0.05, 0) is 31.1 Å². The maximum atomic E-state index is 13.5. The number of thiophene rings is 1. The second-order valence-electron chi connectivity index (χ2n) is 10.00. The smallest absolute Gasteiger partial charge is 0.322 e. The molecule has 0 radical (unpaired) electrons. The number of carbonyl (C=O) groups is 2. The lowest BCUT2D eigenvalue weighted by atomic mass is 9.86. The van der Waals surface area contributed by atoms with Crippen LogP contribution in [0.3, 0.4) is 0 Å². The summed E-state index contributed by atoms with van der Waals surface area (Å²) >= 11 is 7.23. The number of hydrogen-bond acceptors (Lipinski definition) is 8. The molecule has 194 valence electrons. The van der Waals surface area contributed by atoms with Crippen LogP contribution in [-0.4, -0.2) is 114 Å². The molecule has 2 spiro atoms. The first-order valence-corrected chi connectivity index (χ1v) is 14.6. The normalized spacial score (nSPS) is 28.3. The first kappa shape index (κ1) is 24.0. The molecule has 36 heavy (non-hydrogen) atoms. The van der Waals surface area contributed by atoms with E-state index in [0.29, 0.717) is 48.3 Å². The van der Waals surface area contributed by atoms with Crippen LogP contribution < -0.4 is 0 Å². The number of oxime groups is 1. The number of sulfonamides is 1. The fraction of sp³-hybridized carbons (Fsp3) is 0.591. The molecule has 5 aliphatic heterocycles. The lowest BCUT2D eigenvalue weighted by molar-refractivity contribution is -0.143. The third-order valence-corrected chi connectivity index (χ3v) is 10.6. The molecule has 1 aromatic rings. The summed E-state index contributed by atoms with van der Waals surface area (Å²) in [5.41, 5.74) is -1.57. The first-order chi connectivity index (χ1) is 17.1. The molecule has 14 heteroatoms.